The molecule has 1 heterocycles. The topological polar surface area (TPSA) is 12.5 Å². The van der Waals surface area contributed by atoms with Crippen LogP contribution in [0, 0.1) is 16.7 Å². The second kappa shape index (κ2) is 10.0. The van der Waals surface area contributed by atoms with Crippen molar-refractivity contribution in [3.63, 3.8) is 0 Å². The van der Waals surface area contributed by atoms with E-state index >= 15 is 0 Å². The molecule has 4 aromatic rings. The van der Waals surface area contributed by atoms with Gasteiger partial charge in [0.25, 0.3) is 0 Å². The number of hydrogen-bond donors (Lipinski definition) is 0. The summed E-state index contributed by atoms with van der Waals surface area (Å²) in [5, 5.41) is 4.18. The first kappa shape index (κ1) is 25.2. The molecule has 3 fully saturated rings. The molecular weight excluding hydrogens is 493 g/mol. The van der Waals surface area contributed by atoms with Crippen molar-refractivity contribution in [1.29, 1.82) is 0 Å². The van der Waals surface area contributed by atoms with Gasteiger partial charge >= 0.3 is 0 Å². The first-order valence-corrected chi connectivity index (χ1v) is 15.8. The molecule has 198 valence electrons. The van der Waals surface area contributed by atoms with Crippen LogP contribution in [0.5, 0.6) is 0 Å². The Balaban J connectivity index is 1.34. The van der Waals surface area contributed by atoms with Crippen LogP contribution in [-0.2, 0) is 11.3 Å². The van der Waals surface area contributed by atoms with Gasteiger partial charge in [-0.1, -0.05) is 129 Å². The highest BCUT2D eigenvalue weighted by molar-refractivity contribution is 7.79. The van der Waals surface area contributed by atoms with E-state index < -0.39 is 7.92 Å². The van der Waals surface area contributed by atoms with Gasteiger partial charge in [0.2, 0.25) is 0 Å². The van der Waals surface area contributed by atoms with E-state index in [1.54, 1.807) is 0 Å². The molecular formula is C36H38NOP. The Morgan fingerprint density at radius 2 is 1.36 bits per heavy atom. The average molecular weight is 532 g/mol. The van der Waals surface area contributed by atoms with Gasteiger partial charge in [-0.25, -0.2) is 0 Å². The molecule has 3 heteroatoms. The molecule has 0 N–H and O–H groups in total. The Bertz CT molecular complexity index is 1380. The molecule has 4 aromatic carbocycles. The summed E-state index contributed by atoms with van der Waals surface area (Å²) in [5.74, 6) is 0.765. The quantitative estimate of drug-likeness (QED) is 0.245. The third-order valence-corrected chi connectivity index (χ3v) is 12.7. The summed E-state index contributed by atoms with van der Waals surface area (Å²) in [6.07, 6.45) is 4.12. The maximum absolute atomic E-state index is 7.34. The van der Waals surface area contributed by atoms with Crippen LogP contribution in [0.15, 0.2) is 115 Å². The van der Waals surface area contributed by atoms with Gasteiger partial charge in [0.15, 0.2) is 0 Å². The lowest BCUT2D eigenvalue weighted by Gasteiger charge is -2.53. The second-order valence-electron chi connectivity index (χ2n) is 12.3. The lowest BCUT2D eigenvalue weighted by atomic mass is 9.67. The van der Waals surface area contributed by atoms with Crippen molar-refractivity contribution < 1.29 is 4.74 Å². The number of ether oxygens (including phenoxy) is 1. The summed E-state index contributed by atoms with van der Waals surface area (Å²) in [4.78, 5) is 2.67. The van der Waals surface area contributed by atoms with Gasteiger partial charge in [0.05, 0.1) is 6.10 Å². The molecule has 2 aliphatic carbocycles. The summed E-state index contributed by atoms with van der Waals surface area (Å²) in [6, 6.07) is 42.3. The van der Waals surface area contributed by atoms with Crippen LogP contribution in [-0.4, -0.2) is 17.5 Å². The highest BCUT2D eigenvalue weighted by Crippen LogP contribution is 2.69. The summed E-state index contributed by atoms with van der Waals surface area (Å²) in [6.45, 7) is 7.05. The molecule has 39 heavy (non-hydrogen) atoms. The van der Waals surface area contributed by atoms with Crippen molar-refractivity contribution in [3.8, 4) is 0 Å². The third-order valence-electron chi connectivity index (χ3n) is 10.2. The minimum absolute atomic E-state index is 0.0513. The minimum atomic E-state index is -0.717. The SMILES string of the molecule is CC1(C)[C@@H]2CC[C@]13CN(Cc1ccccc1)[C@H](c1ccccc1P(c1ccccc1)c1ccccc1)O[C@@H]3C2. The molecule has 7 rings (SSSR count). The van der Waals surface area contributed by atoms with Gasteiger partial charge < -0.3 is 4.74 Å². The Morgan fingerprint density at radius 1 is 0.769 bits per heavy atom. The van der Waals surface area contributed by atoms with E-state index in [4.69, 9.17) is 4.74 Å². The first-order valence-electron chi connectivity index (χ1n) is 14.5. The fraction of sp³-hybridized carbons (Fsp3) is 0.333. The Kier molecular flexibility index (Phi) is 6.47. The summed E-state index contributed by atoms with van der Waals surface area (Å²) in [7, 11) is -0.717. The van der Waals surface area contributed by atoms with E-state index in [2.05, 4.69) is 134 Å². The highest BCUT2D eigenvalue weighted by atomic mass is 31.1. The monoisotopic (exact) mass is 531 g/mol. The van der Waals surface area contributed by atoms with Crippen LogP contribution in [0.2, 0.25) is 0 Å². The molecule has 1 saturated heterocycles. The Labute approximate surface area is 234 Å². The molecule has 2 saturated carbocycles. The van der Waals surface area contributed by atoms with Crippen LogP contribution in [0.1, 0.15) is 50.5 Å². The van der Waals surface area contributed by atoms with Crippen molar-refractivity contribution in [2.45, 2.75) is 52.0 Å². The first-order chi connectivity index (χ1) is 19.1. The van der Waals surface area contributed by atoms with E-state index in [1.807, 2.05) is 0 Å². The van der Waals surface area contributed by atoms with Crippen molar-refractivity contribution in [2.75, 3.05) is 6.54 Å². The van der Waals surface area contributed by atoms with Crippen LogP contribution in [0.4, 0.5) is 0 Å². The van der Waals surface area contributed by atoms with E-state index in [1.165, 1.54) is 46.3 Å². The number of nitrogens with zero attached hydrogens (tertiary/aromatic N) is 1. The van der Waals surface area contributed by atoms with Gasteiger partial charge in [0.1, 0.15) is 6.23 Å². The smallest absolute Gasteiger partial charge is 0.138 e. The normalized spacial score (nSPS) is 27.5. The molecule has 0 radical (unpaired) electrons. The molecule has 0 aromatic heterocycles. The predicted octanol–water partition coefficient (Wildman–Crippen LogP) is 7.17. The Morgan fingerprint density at radius 3 is 2.00 bits per heavy atom. The fourth-order valence-electron chi connectivity index (χ4n) is 7.96. The average Bonchev–Trinajstić information content (AvgIpc) is 3.34. The maximum Gasteiger partial charge on any atom is 0.138 e. The highest BCUT2D eigenvalue weighted by Gasteiger charge is 2.67. The standard InChI is InChI=1S/C36H38NOP/c1-35(2)28-22-23-36(35)26-37(25-27-14-6-3-7-15-27)34(38-33(36)24-28)31-20-12-13-21-32(31)39(29-16-8-4-9-17-29)30-18-10-5-11-19-30/h3-21,28,33-34H,22-26H2,1-2H3/t28-,33-,34+,36-/m1/s1. The number of rotatable bonds is 6. The zero-order valence-corrected chi connectivity index (χ0v) is 23.9. The minimum Gasteiger partial charge on any atom is -0.355 e. The molecule has 1 spiro atoms. The number of hydrogen-bond acceptors (Lipinski definition) is 2. The zero-order chi connectivity index (χ0) is 26.5. The van der Waals surface area contributed by atoms with E-state index in [9.17, 15) is 0 Å². The van der Waals surface area contributed by atoms with Crippen molar-refractivity contribution in [1.82, 2.24) is 4.90 Å². The number of benzene rings is 4. The second-order valence-corrected chi connectivity index (χ2v) is 14.5. The van der Waals surface area contributed by atoms with E-state index in [0.29, 0.717) is 11.5 Å². The van der Waals surface area contributed by atoms with Gasteiger partial charge in [-0.3, -0.25) is 4.90 Å². The van der Waals surface area contributed by atoms with Crippen LogP contribution in [0.25, 0.3) is 0 Å². The zero-order valence-electron chi connectivity index (χ0n) is 23.0. The predicted molar refractivity (Wildman–Crippen MR) is 163 cm³/mol. The van der Waals surface area contributed by atoms with Gasteiger partial charge in [-0.2, -0.15) is 0 Å². The maximum atomic E-state index is 7.34. The van der Waals surface area contributed by atoms with Crippen molar-refractivity contribution in [3.05, 3.63) is 126 Å². The lowest BCUT2D eigenvalue weighted by molar-refractivity contribution is -0.216. The summed E-state index contributed by atoms with van der Waals surface area (Å²) < 4.78 is 7.34. The molecule has 4 atom stereocenters. The lowest BCUT2D eigenvalue weighted by Crippen LogP contribution is -2.56. The Hall–Kier alpha value is -2.77. The van der Waals surface area contributed by atoms with E-state index in [-0.39, 0.29) is 11.6 Å². The van der Waals surface area contributed by atoms with Gasteiger partial charge in [-0.05, 0) is 60.0 Å². The molecule has 2 bridgehead atoms. The largest absolute Gasteiger partial charge is 0.355 e. The summed E-state index contributed by atoms with van der Waals surface area (Å²) >= 11 is 0. The molecule has 3 aliphatic rings. The van der Waals surface area contributed by atoms with E-state index in [0.717, 1.165) is 19.0 Å². The summed E-state index contributed by atoms with van der Waals surface area (Å²) in [5.41, 5.74) is 3.25. The molecule has 0 amide bonds. The molecule has 2 nitrogen and oxygen atoms in total. The van der Waals surface area contributed by atoms with Gasteiger partial charge in [0, 0.05) is 24.1 Å². The van der Waals surface area contributed by atoms with Crippen molar-refractivity contribution in [2.24, 2.45) is 16.7 Å². The van der Waals surface area contributed by atoms with Crippen LogP contribution in [0.3, 0.4) is 0 Å². The fourth-order valence-corrected chi connectivity index (χ4v) is 10.4. The molecule has 1 aliphatic heterocycles. The number of fused-ring (bicyclic) bond motifs is 1. The third kappa shape index (κ3) is 4.20. The molecule has 0 unspecified atom stereocenters. The van der Waals surface area contributed by atoms with Crippen LogP contribution < -0.4 is 15.9 Å². The van der Waals surface area contributed by atoms with Crippen molar-refractivity contribution >= 4 is 23.8 Å². The van der Waals surface area contributed by atoms with Gasteiger partial charge in [-0.15, -0.1) is 0 Å². The van der Waals surface area contributed by atoms with Crippen LogP contribution >= 0.6 is 7.92 Å².